The lowest BCUT2D eigenvalue weighted by Crippen LogP contribution is -2.25. The minimum atomic E-state index is -0.288. The van der Waals surface area contributed by atoms with E-state index in [1.54, 1.807) is 12.1 Å². The Hall–Kier alpha value is -3.22. The third-order valence-corrected chi connectivity index (χ3v) is 4.15. The average molecular weight is 384 g/mol. The van der Waals surface area contributed by atoms with Crippen molar-refractivity contribution in [2.45, 2.75) is 20.8 Å². The maximum absolute atomic E-state index is 11.9. The second-order valence-electron chi connectivity index (χ2n) is 6.02. The molecule has 0 atom stereocenters. The molecule has 3 N–H and O–H groups in total. The van der Waals surface area contributed by atoms with Gasteiger partial charge in [0.2, 0.25) is 0 Å². The molecule has 0 saturated heterocycles. The number of hydrogen-bond donors (Lipinski definition) is 3. The zero-order valence-electron chi connectivity index (χ0n) is 16.6. The number of amides is 1. The zero-order valence-corrected chi connectivity index (χ0v) is 16.6. The number of anilines is 2. The van der Waals surface area contributed by atoms with E-state index in [2.05, 4.69) is 34.6 Å². The molecule has 0 aliphatic rings. The number of phenolic OH excluding ortho intramolecular Hbond substituents is 1. The van der Waals surface area contributed by atoms with Crippen LogP contribution in [0.25, 0.3) is 0 Å². The first-order valence-corrected chi connectivity index (χ1v) is 9.43. The van der Waals surface area contributed by atoms with E-state index < -0.39 is 0 Å². The lowest BCUT2D eigenvalue weighted by atomic mass is 10.2. The quantitative estimate of drug-likeness (QED) is 0.433. The molecule has 2 rings (SSSR count). The SMILES string of the molecule is CCOc1ccc(NCC(=O)N/N=C\c2ccc(N(CC)CC)cc2O)cc1. The summed E-state index contributed by atoms with van der Waals surface area (Å²) in [5.74, 6) is 0.619. The number of hydrogen-bond acceptors (Lipinski definition) is 6. The van der Waals surface area contributed by atoms with Crippen molar-refractivity contribution in [3.8, 4) is 11.5 Å². The summed E-state index contributed by atoms with van der Waals surface area (Å²) in [5.41, 5.74) is 4.74. The van der Waals surface area contributed by atoms with Gasteiger partial charge in [-0.25, -0.2) is 5.43 Å². The molecular weight excluding hydrogens is 356 g/mol. The second kappa shape index (κ2) is 10.8. The van der Waals surface area contributed by atoms with E-state index in [4.69, 9.17) is 4.74 Å². The molecule has 7 heteroatoms. The van der Waals surface area contributed by atoms with Crippen LogP contribution in [0.1, 0.15) is 26.3 Å². The number of nitrogens with zero attached hydrogens (tertiary/aromatic N) is 2. The van der Waals surface area contributed by atoms with Crippen molar-refractivity contribution >= 4 is 23.5 Å². The minimum absolute atomic E-state index is 0.0815. The number of carbonyl (C=O) groups excluding carboxylic acids is 1. The molecule has 2 aromatic carbocycles. The van der Waals surface area contributed by atoms with Crippen LogP contribution >= 0.6 is 0 Å². The van der Waals surface area contributed by atoms with Crippen LogP contribution in [0, 0.1) is 0 Å². The van der Waals surface area contributed by atoms with Crippen LogP contribution in [0.4, 0.5) is 11.4 Å². The van der Waals surface area contributed by atoms with Gasteiger partial charge in [0.05, 0.1) is 19.4 Å². The van der Waals surface area contributed by atoms with E-state index in [0.717, 1.165) is 30.2 Å². The van der Waals surface area contributed by atoms with Crippen LogP contribution in [-0.2, 0) is 4.79 Å². The lowest BCUT2D eigenvalue weighted by molar-refractivity contribution is -0.119. The molecule has 0 aromatic heterocycles. The number of carbonyl (C=O) groups is 1. The normalized spacial score (nSPS) is 10.7. The van der Waals surface area contributed by atoms with Crippen molar-refractivity contribution < 1.29 is 14.6 Å². The molecule has 0 aliphatic heterocycles. The van der Waals surface area contributed by atoms with E-state index in [9.17, 15) is 9.90 Å². The molecule has 7 nitrogen and oxygen atoms in total. The van der Waals surface area contributed by atoms with Crippen LogP contribution < -0.4 is 20.4 Å². The van der Waals surface area contributed by atoms with Gasteiger partial charge in [0.25, 0.3) is 5.91 Å². The number of rotatable bonds is 10. The Morgan fingerprint density at radius 1 is 1.14 bits per heavy atom. The fraction of sp³-hybridized carbons (Fsp3) is 0.333. The van der Waals surface area contributed by atoms with E-state index in [1.165, 1.54) is 6.21 Å². The van der Waals surface area contributed by atoms with Crippen LogP contribution in [0.5, 0.6) is 11.5 Å². The van der Waals surface area contributed by atoms with Gasteiger partial charge in [-0.15, -0.1) is 0 Å². The maximum Gasteiger partial charge on any atom is 0.259 e. The van der Waals surface area contributed by atoms with E-state index in [1.807, 2.05) is 37.3 Å². The highest BCUT2D eigenvalue weighted by Gasteiger charge is 2.06. The summed E-state index contributed by atoms with van der Waals surface area (Å²) < 4.78 is 5.38. The highest BCUT2D eigenvalue weighted by atomic mass is 16.5. The summed E-state index contributed by atoms with van der Waals surface area (Å²) in [6.07, 6.45) is 1.43. The molecule has 0 aliphatic carbocycles. The first kappa shape index (κ1) is 21.1. The topological polar surface area (TPSA) is 86.2 Å². The molecule has 150 valence electrons. The molecule has 0 radical (unpaired) electrons. The number of phenols is 1. The molecule has 0 saturated carbocycles. The molecule has 2 aromatic rings. The third kappa shape index (κ3) is 6.19. The standard InChI is InChI=1S/C21H28N4O3/c1-4-25(5-2)18-10-7-16(20(26)13-18)14-23-24-21(27)15-22-17-8-11-19(12-9-17)28-6-3/h7-14,22,26H,4-6,15H2,1-3H3,(H,24,27)/b23-14-. The predicted octanol–water partition coefficient (Wildman–Crippen LogP) is 3.20. The van der Waals surface area contributed by atoms with Gasteiger partial charge in [0, 0.05) is 36.1 Å². The lowest BCUT2D eigenvalue weighted by Gasteiger charge is -2.21. The molecular formula is C21H28N4O3. The molecule has 0 bridgehead atoms. The number of benzene rings is 2. The number of nitrogens with one attached hydrogen (secondary N) is 2. The Balaban J connectivity index is 1.84. The van der Waals surface area contributed by atoms with Gasteiger partial charge in [-0.3, -0.25) is 4.79 Å². The fourth-order valence-electron chi connectivity index (χ4n) is 2.66. The summed E-state index contributed by atoms with van der Waals surface area (Å²) in [4.78, 5) is 14.0. The molecule has 28 heavy (non-hydrogen) atoms. The largest absolute Gasteiger partial charge is 0.507 e. The van der Waals surface area contributed by atoms with Crippen LogP contribution in [-0.4, -0.2) is 43.5 Å². The van der Waals surface area contributed by atoms with Crippen LogP contribution in [0.15, 0.2) is 47.6 Å². The van der Waals surface area contributed by atoms with Gasteiger partial charge in [0.15, 0.2) is 0 Å². The highest BCUT2D eigenvalue weighted by molar-refractivity contribution is 5.86. The van der Waals surface area contributed by atoms with E-state index in [-0.39, 0.29) is 18.2 Å². The smallest absolute Gasteiger partial charge is 0.259 e. The number of aromatic hydroxyl groups is 1. The van der Waals surface area contributed by atoms with Crippen molar-refractivity contribution in [3.63, 3.8) is 0 Å². The maximum atomic E-state index is 11.9. The highest BCUT2D eigenvalue weighted by Crippen LogP contribution is 2.23. The van der Waals surface area contributed by atoms with Gasteiger partial charge in [-0.05, 0) is 57.2 Å². The average Bonchev–Trinajstić information content (AvgIpc) is 2.70. The molecule has 0 heterocycles. The van der Waals surface area contributed by atoms with Gasteiger partial charge < -0.3 is 20.1 Å². The third-order valence-electron chi connectivity index (χ3n) is 4.15. The summed E-state index contributed by atoms with van der Waals surface area (Å²) in [5, 5.41) is 17.1. The molecule has 0 fully saturated rings. The van der Waals surface area contributed by atoms with Gasteiger partial charge in [-0.2, -0.15) is 5.10 Å². The Labute approximate surface area is 166 Å². The Bertz CT molecular complexity index is 787. The van der Waals surface area contributed by atoms with Crippen molar-refractivity contribution in [2.75, 3.05) is 36.5 Å². The minimum Gasteiger partial charge on any atom is -0.507 e. The zero-order chi connectivity index (χ0) is 20.4. The van der Waals surface area contributed by atoms with Crippen molar-refractivity contribution in [2.24, 2.45) is 5.10 Å². The summed E-state index contributed by atoms with van der Waals surface area (Å²) in [6.45, 7) is 8.47. The van der Waals surface area contributed by atoms with Crippen LogP contribution in [0.3, 0.4) is 0 Å². The van der Waals surface area contributed by atoms with Gasteiger partial charge in [0.1, 0.15) is 11.5 Å². The first-order chi connectivity index (χ1) is 13.6. The van der Waals surface area contributed by atoms with Crippen molar-refractivity contribution in [1.29, 1.82) is 0 Å². The monoisotopic (exact) mass is 384 g/mol. The van der Waals surface area contributed by atoms with Crippen LogP contribution in [0.2, 0.25) is 0 Å². The van der Waals surface area contributed by atoms with Crippen molar-refractivity contribution in [3.05, 3.63) is 48.0 Å². The summed E-state index contributed by atoms with van der Waals surface area (Å²) in [6, 6.07) is 12.8. The Morgan fingerprint density at radius 3 is 2.46 bits per heavy atom. The molecule has 0 unspecified atom stereocenters. The van der Waals surface area contributed by atoms with Gasteiger partial charge in [-0.1, -0.05) is 0 Å². The van der Waals surface area contributed by atoms with Crippen molar-refractivity contribution in [1.82, 2.24) is 5.43 Å². The summed E-state index contributed by atoms with van der Waals surface area (Å²) >= 11 is 0. The predicted molar refractivity (Wildman–Crippen MR) is 114 cm³/mol. The Morgan fingerprint density at radius 2 is 1.86 bits per heavy atom. The number of ether oxygens (including phenoxy) is 1. The van der Waals surface area contributed by atoms with E-state index >= 15 is 0 Å². The molecule has 1 amide bonds. The van der Waals surface area contributed by atoms with E-state index in [0.29, 0.717) is 12.2 Å². The van der Waals surface area contributed by atoms with Gasteiger partial charge >= 0.3 is 0 Å². The number of hydrazone groups is 1. The second-order valence-corrected chi connectivity index (χ2v) is 6.02. The first-order valence-electron chi connectivity index (χ1n) is 9.43. The fourth-order valence-corrected chi connectivity index (χ4v) is 2.66. The summed E-state index contributed by atoms with van der Waals surface area (Å²) in [7, 11) is 0. The Kier molecular flexibility index (Phi) is 8.14. The molecule has 0 spiro atoms.